The van der Waals surface area contributed by atoms with E-state index in [-0.39, 0.29) is 18.0 Å². The van der Waals surface area contributed by atoms with E-state index in [9.17, 15) is 13.2 Å². The van der Waals surface area contributed by atoms with E-state index >= 15 is 0 Å². The Kier molecular flexibility index (Phi) is 4.73. The second-order valence-electron chi connectivity index (χ2n) is 6.78. The summed E-state index contributed by atoms with van der Waals surface area (Å²) in [6, 6.07) is 9.66. The summed E-state index contributed by atoms with van der Waals surface area (Å²) in [4.78, 5) is 14.5. The molecule has 0 bridgehead atoms. The molecule has 0 aromatic heterocycles. The molecule has 1 aliphatic heterocycles. The van der Waals surface area contributed by atoms with Crippen molar-refractivity contribution >= 4 is 15.9 Å². The number of rotatable bonds is 6. The highest BCUT2D eigenvalue weighted by molar-refractivity contribution is 7.88. The molecule has 1 heterocycles. The first-order chi connectivity index (χ1) is 10.9. The van der Waals surface area contributed by atoms with Crippen molar-refractivity contribution in [1.82, 2.24) is 9.62 Å². The molecule has 1 amide bonds. The van der Waals surface area contributed by atoms with Crippen molar-refractivity contribution < 1.29 is 13.2 Å². The van der Waals surface area contributed by atoms with Gasteiger partial charge in [-0.25, -0.2) is 13.1 Å². The minimum Gasteiger partial charge on any atom is -0.338 e. The Morgan fingerprint density at radius 1 is 1.22 bits per heavy atom. The van der Waals surface area contributed by atoms with Gasteiger partial charge in [-0.1, -0.05) is 30.3 Å². The van der Waals surface area contributed by atoms with Gasteiger partial charge in [0.25, 0.3) is 0 Å². The van der Waals surface area contributed by atoms with Gasteiger partial charge in [-0.15, -0.1) is 0 Å². The summed E-state index contributed by atoms with van der Waals surface area (Å²) < 4.78 is 26.0. The molecule has 1 aromatic rings. The molecular weight excluding hydrogens is 312 g/mol. The maximum Gasteiger partial charge on any atom is 0.223 e. The van der Waals surface area contributed by atoms with E-state index in [1.165, 1.54) is 6.26 Å². The summed E-state index contributed by atoms with van der Waals surface area (Å²) in [5, 5.41) is 0. The van der Waals surface area contributed by atoms with Crippen LogP contribution >= 0.6 is 0 Å². The molecule has 0 spiro atoms. The number of sulfonamides is 1. The zero-order valence-electron chi connectivity index (χ0n) is 13.4. The van der Waals surface area contributed by atoms with Gasteiger partial charge in [0.15, 0.2) is 0 Å². The highest BCUT2D eigenvalue weighted by atomic mass is 32.2. The predicted molar refractivity (Wildman–Crippen MR) is 89.4 cm³/mol. The van der Waals surface area contributed by atoms with Crippen LogP contribution in [0.3, 0.4) is 0 Å². The lowest BCUT2D eigenvalue weighted by Gasteiger charge is -2.28. The van der Waals surface area contributed by atoms with E-state index in [1.807, 2.05) is 35.2 Å². The second kappa shape index (κ2) is 6.61. The molecule has 1 aromatic carbocycles. The van der Waals surface area contributed by atoms with Crippen LogP contribution in [-0.2, 0) is 21.2 Å². The van der Waals surface area contributed by atoms with E-state index < -0.39 is 10.0 Å². The van der Waals surface area contributed by atoms with Gasteiger partial charge in [0, 0.05) is 19.0 Å². The molecule has 0 radical (unpaired) electrons. The van der Waals surface area contributed by atoms with Crippen LogP contribution in [0.1, 0.15) is 31.2 Å². The minimum absolute atomic E-state index is 0.0987. The summed E-state index contributed by atoms with van der Waals surface area (Å²) in [6.45, 7) is 0.635. The van der Waals surface area contributed by atoms with E-state index in [0.29, 0.717) is 31.7 Å². The molecule has 2 fully saturated rings. The molecule has 1 aliphatic carbocycles. The molecule has 1 N–H and O–H groups in total. The third-order valence-corrected chi connectivity index (χ3v) is 5.41. The average molecular weight is 336 g/mol. The van der Waals surface area contributed by atoms with Gasteiger partial charge in [-0.3, -0.25) is 4.79 Å². The van der Waals surface area contributed by atoms with Crippen LogP contribution in [0.4, 0.5) is 0 Å². The largest absolute Gasteiger partial charge is 0.338 e. The fourth-order valence-corrected chi connectivity index (χ4v) is 4.19. The normalized spacial score (nSPS) is 24.8. The molecule has 126 valence electrons. The molecule has 3 rings (SSSR count). The van der Waals surface area contributed by atoms with Crippen molar-refractivity contribution in [3.05, 3.63) is 35.9 Å². The topological polar surface area (TPSA) is 66.5 Å². The van der Waals surface area contributed by atoms with Gasteiger partial charge in [-0.2, -0.15) is 0 Å². The van der Waals surface area contributed by atoms with E-state index in [0.717, 1.165) is 18.4 Å². The number of hydrogen-bond acceptors (Lipinski definition) is 3. The number of likely N-dealkylation sites (tertiary alicyclic amines) is 1. The van der Waals surface area contributed by atoms with Crippen molar-refractivity contribution in [2.24, 2.45) is 5.92 Å². The van der Waals surface area contributed by atoms with Gasteiger partial charge in [-0.05, 0) is 37.2 Å². The first-order valence-corrected chi connectivity index (χ1v) is 10.1. The second-order valence-corrected chi connectivity index (χ2v) is 8.56. The number of carbonyl (C=O) groups is 1. The summed E-state index contributed by atoms with van der Waals surface area (Å²) in [5.41, 5.74) is 1.13. The van der Waals surface area contributed by atoms with Crippen LogP contribution in [0.15, 0.2) is 30.3 Å². The SMILES string of the molecule is CS(=O)(=O)N[C@@H]1CCN(C(=O)CC2CC2)[C@H]1Cc1ccccc1. The Morgan fingerprint density at radius 2 is 1.91 bits per heavy atom. The predicted octanol–water partition coefficient (Wildman–Crippen LogP) is 1.55. The minimum atomic E-state index is -3.28. The Balaban J connectivity index is 1.76. The quantitative estimate of drug-likeness (QED) is 0.857. The zero-order chi connectivity index (χ0) is 16.4. The molecule has 23 heavy (non-hydrogen) atoms. The van der Waals surface area contributed by atoms with E-state index in [1.54, 1.807) is 0 Å². The Hall–Kier alpha value is -1.40. The van der Waals surface area contributed by atoms with Gasteiger partial charge < -0.3 is 4.90 Å². The monoisotopic (exact) mass is 336 g/mol. The summed E-state index contributed by atoms with van der Waals surface area (Å²) >= 11 is 0. The molecule has 2 atom stereocenters. The fourth-order valence-electron chi connectivity index (χ4n) is 3.37. The molecular formula is C17H24N2O3S. The fraction of sp³-hybridized carbons (Fsp3) is 0.588. The van der Waals surface area contributed by atoms with Gasteiger partial charge in [0.2, 0.25) is 15.9 Å². The summed E-state index contributed by atoms with van der Waals surface area (Å²) in [5.74, 6) is 0.716. The highest BCUT2D eigenvalue weighted by Gasteiger charge is 2.39. The molecule has 1 saturated heterocycles. The van der Waals surface area contributed by atoms with Crippen LogP contribution in [0, 0.1) is 5.92 Å². The van der Waals surface area contributed by atoms with E-state index in [4.69, 9.17) is 0 Å². The first-order valence-electron chi connectivity index (χ1n) is 8.23. The smallest absolute Gasteiger partial charge is 0.223 e. The highest BCUT2D eigenvalue weighted by Crippen LogP contribution is 2.34. The Bertz CT molecular complexity index is 656. The number of hydrogen-bond donors (Lipinski definition) is 1. The Morgan fingerprint density at radius 3 is 2.52 bits per heavy atom. The number of nitrogens with zero attached hydrogens (tertiary/aromatic N) is 1. The zero-order valence-corrected chi connectivity index (χ0v) is 14.3. The molecule has 5 nitrogen and oxygen atoms in total. The third kappa shape index (κ3) is 4.54. The molecule has 0 unspecified atom stereocenters. The summed E-state index contributed by atoms with van der Waals surface area (Å²) in [6.07, 6.45) is 5.45. The summed E-state index contributed by atoms with van der Waals surface area (Å²) in [7, 11) is -3.28. The van der Waals surface area contributed by atoms with Crippen LogP contribution in [0.25, 0.3) is 0 Å². The maximum atomic E-state index is 12.6. The number of amides is 1. The first kappa shape index (κ1) is 16.5. The van der Waals surface area contributed by atoms with Crippen molar-refractivity contribution in [2.75, 3.05) is 12.8 Å². The maximum absolute atomic E-state index is 12.6. The van der Waals surface area contributed by atoms with Crippen LogP contribution < -0.4 is 4.72 Å². The third-order valence-electron chi connectivity index (χ3n) is 4.68. The lowest BCUT2D eigenvalue weighted by atomic mass is 10.0. The standard InChI is InChI=1S/C17H24N2O3S/c1-23(21,22)18-15-9-10-19(17(20)12-14-7-8-14)16(15)11-13-5-3-2-4-6-13/h2-6,14-16,18H,7-12H2,1H3/t15-,16+/m1/s1. The van der Waals surface area contributed by atoms with Gasteiger partial charge in [0.05, 0.1) is 12.3 Å². The number of nitrogens with one attached hydrogen (secondary N) is 1. The number of carbonyl (C=O) groups excluding carboxylic acids is 1. The molecule has 6 heteroatoms. The van der Waals surface area contributed by atoms with Gasteiger partial charge in [0.1, 0.15) is 0 Å². The van der Waals surface area contributed by atoms with Crippen molar-refractivity contribution in [3.63, 3.8) is 0 Å². The molecule has 2 aliphatic rings. The Labute approximate surface area is 138 Å². The lowest BCUT2D eigenvalue weighted by Crippen LogP contribution is -2.47. The van der Waals surface area contributed by atoms with Crippen molar-refractivity contribution in [1.29, 1.82) is 0 Å². The van der Waals surface area contributed by atoms with Crippen LogP contribution in [-0.4, -0.2) is 44.1 Å². The van der Waals surface area contributed by atoms with Crippen LogP contribution in [0.2, 0.25) is 0 Å². The van der Waals surface area contributed by atoms with Crippen molar-refractivity contribution in [3.8, 4) is 0 Å². The van der Waals surface area contributed by atoms with Crippen molar-refractivity contribution in [2.45, 2.75) is 44.2 Å². The van der Waals surface area contributed by atoms with E-state index in [2.05, 4.69) is 4.72 Å². The average Bonchev–Trinajstić information content (AvgIpc) is 3.21. The molecule has 1 saturated carbocycles. The van der Waals surface area contributed by atoms with Crippen LogP contribution in [0.5, 0.6) is 0 Å². The van der Waals surface area contributed by atoms with Gasteiger partial charge >= 0.3 is 0 Å². The lowest BCUT2D eigenvalue weighted by molar-refractivity contribution is -0.132. The number of benzene rings is 1.